The molecule has 2 heterocycles. The molecule has 0 N–H and O–H groups in total. The van der Waals surface area contributed by atoms with Crippen LogP contribution in [0.15, 0.2) is 28.8 Å². The van der Waals surface area contributed by atoms with Gasteiger partial charge in [-0.05, 0) is 37.1 Å². The highest BCUT2D eigenvalue weighted by atomic mass is 16.5. The molecule has 0 saturated carbocycles. The Morgan fingerprint density at radius 3 is 2.41 bits per heavy atom. The molecule has 1 aliphatic rings. The van der Waals surface area contributed by atoms with Crippen LogP contribution in [0.1, 0.15) is 48.3 Å². The van der Waals surface area contributed by atoms with E-state index in [1.165, 1.54) is 0 Å². The van der Waals surface area contributed by atoms with E-state index >= 15 is 0 Å². The molecule has 0 bridgehead atoms. The van der Waals surface area contributed by atoms with Gasteiger partial charge in [0.2, 0.25) is 11.8 Å². The van der Waals surface area contributed by atoms with Gasteiger partial charge in [0.05, 0.1) is 7.11 Å². The average Bonchev–Trinajstić information content (AvgIpc) is 3.21. The highest BCUT2D eigenvalue weighted by Crippen LogP contribution is 2.15. The van der Waals surface area contributed by atoms with Gasteiger partial charge in [-0.2, -0.15) is 4.98 Å². The van der Waals surface area contributed by atoms with Crippen LogP contribution in [0.3, 0.4) is 0 Å². The van der Waals surface area contributed by atoms with Crippen molar-refractivity contribution in [2.75, 3.05) is 33.3 Å². The lowest BCUT2D eigenvalue weighted by atomic mass is 10.1. The first-order chi connectivity index (χ1) is 14.1. The summed E-state index contributed by atoms with van der Waals surface area (Å²) in [5, 5.41) is 3.93. The summed E-state index contributed by atoms with van der Waals surface area (Å²) in [5.41, 5.74) is 0.632. The second kappa shape index (κ2) is 10.0. The number of carbonyl (C=O) groups excluding carboxylic acids is 2. The van der Waals surface area contributed by atoms with Crippen molar-refractivity contribution < 1.29 is 18.8 Å². The lowest BCUT2D eigenvalue weighted by Gasteiger charge is -2.35. The fourth-order valence-electron chi connectivity index (χ4n) is 3.34. The summed E-state index contributed by atoms with van der Waals surface area (Å²) in [5.74, 6) is 2.13. The van der Waals surface area contributed by atoms with E-state index in [1.54, 1.807) is 36.3 Å². The van der Waals surface area contributed by atoms with Crippen molar-refractivity contribution in [3.8, 4) is 5.75 Å². The van der Waals surface area contributed by atoms with E-state index in [-0.39, 0.29) is 11.8 Å². The van der Waals surface area contributed by atoms with Gasteiger partial charge >= 0.3 is 0 Å². The molecule has 1 aliphatic heterocycles. The molecular weight excluding hydrogens is 372 g/mol. The first kappa shape index (κ1) is 20.8. The third-order valence-corrected chi connectivity index (χ3v) is 5.02. The Balaban J connectivity index is 1.40. The number of hydrogen-bond acceptors (Lipinski definition) is 6. The van der Waals surface area contributed by atoms with Crippen LogP contribution in [0.25, 0.3) is 0 Å². The van der Waals surface area contributed by atoms with Crippen molar-refractivity contribution in [2.24, 2.45) is 0 Å². The van der Waals surface area contributed by atoms with Crippen LogP contribution in [-0.4, -0.2) is 65.0 Å². The Bertz CT molecular complexity index is 810. The van der Waals surface area contributed by atoms with Crippen LogP contribution < -0.4 is 4.74 Å². The predicted octanol–water partition coefficient (Wildman–Crippen LogP) is 2.34. The van der Waals surface area contributed by atoms with E-state index in [1.807, 2.05) is 4.90 Å². The molecule has 8 nitrogen and oxygen atoms in total. The fraction of sp³-hybridized carbons (Fsp3) is 0.524. The summed E-state index contributed by atoms with van der Waals surface area (Å²) in [6.45, 7) is 4.27. The summed E-state index contributed by atoms with van der Waals surface area (Å²) < 4.78 is 10.3. The van der Waals surface area contributed by atoms with Crippen LogP contribution in [0.4, 0.5) is 0 Å². The van der Waals surface area contributed by atoms with E-state index in [9.17, 15) is 9.59 Å². The number of rotatable bonds is 8. The van der Waals surface area contributed by atoms with Crippen molar-refractivity contribution in [2.45, 2.75) is 39.0 Å². The lowest BCUT2D eigenvalue weighted by molar-refractivity contribution is -0.132. The molecule has 0 spiro atoms. The number of hydrogen-bond donors (Lipinski definition) is 0. The average molecular weight is 400 g/mol. The summed E-state index contributed by atoms with van der Waals surface area (Å²) in [7, 11) is 1.60. The number of aromatic nitrogens is 2. The molecule has 0 radical (unpaired) electrons. The Morgan fingerprint density at radius 1 is 1.07 bits per heavy atom. The number of nitrogens with zero attached hydrogens (tertiary/aromatic N) is 4. The zero-order valence-corrected chi connectivity index (χ0v) is 17.1. The van der Waals surface area contributed by atoms with Gasteiger partial charge in [-0.15, -0.1) is 0 Å². The molecule has 0 unspecified atom stereocenters. The van der Waals surface area contributed by atoms with Gasteiger partial charge < -0.3 is 19.1 Å². The van der Waals surface area contributed by atoms with E-state index in [4.69, 9.17) is 9.26 Å². The highest BCUT2D eigenvalue weighted by molar-refractivity contribution is 5.94. The summed E-state index contributed by atoms with van der Waals surface area (Å²) in [6, 6.07) is 7.09. The van der Waals surface area contributed by atoms with Crippen LogP contribution in [-0.2, 0) is 17.6 Å². The van der Waals surface area contributed by atoms with E-state index in [2.05, 4.69) is 17.1 Å². The minimum Gasteiger partial charge on any atom is -0.497 e. The van der Waals surface area contributed by atoms with Crippen LogP contribution >= 0.6 is 0 Å². The van der Waals surface area contributed by atoms with Crippen molar-refractivity contribution in [3.63, 3.8) is 0 Å². The largest absolute Gasteiger partial charge is 0.497 e. The minimum atomic E-state index is -0.0148. The molecule has 156 valence electrons. The fourth-order valence-corrected chi connectivity index (χ4v) is 3.34. The molecule has 1 fully saturated rings. The van der Waals surface area contributed by atoms with Crippen molar-refractivity contribution in [3.05, 3.63) is 41.5 Å². The SMILES string of the molecule is CCCc1noc(CCCC(=O)N2CCN(C(=O)c3ccc(OC)cc3)CC2)n1. The predicted molar refractivity (Wildman–Crippen MR) is 107 cm³/mol. The van der Waals surface area contributed by atoms with Gasteiger partial charge in [-0.3, -0.25) is 9.59 Å². The summed E-state index contributed by atoms with van der Waals surface area (Å²) in [4.78, 5) is 33.0. The van der Waals surface area contributed by atoms with Crippen molar-refractivity contribution >= 4 is 11.8 Å². The molecular formula is C21H28N4O4. The quantitative estimate of drug-likeness (QED) is 0.676. The maximum Gasteiger partial charge on any atom is 0.253 e. The van der Waals surface area contributed by atoms with E-state index < -0.39 is 0 Å². The first-order valence-corrected chi connectivity index (χ1v) is 10.1. The normalized spacial score (nSPS) is 14.1. The van der Waals surface area contributed by atoms with Gasteiger partial charge in [0, 0.05) is 51.0 Å². The second-order valence-corrected chi connectivity index (χ2v) is 7.11. The topological polar surface area (TPSA) is 88.8 Å². The number of methoxy groups -OCH3 is 1. The van der Waals surface area contributed by atoms with Gasteiger partial charge in [-0.1, -0.05) is 12.1 Å². The van der Waals surface area contributed by atoms with Crippen molar-refractivity contribution in [1.29, 1.82) is 0 Å². The molecule has 1 saturated heterocycles. The van der Waals surface area contributed by atoms with Crippen LogP contribution in [0, 0.1) is 0 Å². The first-order valence-electron chi connectivity index (χ1n) is 10.1. The molecule has 8 heteroatoms. The minimum absolute atomic E-state index is 0.0148. The monoisotopic (exact) mass is 400 g/mol. The number of amides is 2. The zero-order chi connectivity index (χ0) is 20.6. The Morgan fingerprint density at radius 2 is 1.76 bits per heavy atom. The highest BCUT2D eigenvalue weighted by Gasteiger charge is 2.24. The number of carbonyl (C=O) groups is 2. The molecule has 29 heavy (non-hydrogen) atoms. The lowest BCUT2D eigenvalue weighted by Crippen LogP contribution is -2.50. The molecule has 2 amide bonds. The summed E-state index contributed by atoms with van der Waals surface area (Å²) in [6.07, 6.45) is 3.51. The maximum absolute atomic E-state index is 12.6. The van der Waals surface area contributed by atoms with E-state index in [0.29, 0.717) is 56.9 Å². The number of piperazine rings is 1. The Labute approximate surface area is 170 Å². The molecule has 0 aliphatic carbocycles. The smallest absolute Gasteiger partial charge is 0.253 e. The van der Waals surface area contributed by atoms with Gasteiger partial charge in [0.1, 0.15) is 5.75 Å². The van der Waals surface area contributed by atoms with Gasteiger partial charge in [-0.25, -0.2) is 0 Å². The van der Waals surface area contributed by atoms with Gasteiger partial charge in [0.25, 0.3) is 5.91 Å². The van der Waals surface area contributed by atoms with Gasteiger partial charge in [0.15, 0.2) is 5.82 Å². The molecule has 0 atom stereocenters. The molecule has 1 aromatic heterocycles. The number of benzene rings is 1. The Hall–Kier alpha value is -2.90. The van der Waals surface area contributed by atoms with Crippen LogP contribution in [0.2, 0.25) is 0 Å². The molecule has 1 aromatic carbocycles. The van der Waals surface area contributed by atoms with Crippen molar-refractivity contribution in [1.82, 2.24) is 19.9 Å². The third kappa shape index (κ3) is 5.56. The number of ether oxygens (including phenoxy) is 1. The zero-order valence-electron chi connectivity index (χ0n) is 17.1. The number of aryl methyl sites for hydroxylation is 2. The Kier molecular flexibility index (Phi) is 7.21. The third-order valence-electron chi connectivity index (χ3n) is 5.02. The second-order valence-electron chi connectivity index (χ2n) is 7.11. The standard InChI is InChI=1S/C21H28N4O4/c1-3-5-18-22-19(29-23-18)6-4-7-20(26)24-12-14-25(15-13-24)21(27)16-8-10-17(28-2)11-9-16/h8-11H,3-7,12-15H2,1-2H3. The molecule has 3 rings (SSSR count). The summed E-state index contributed by atoms with van der Waals surface area (Å²) >= 11 is 0. The van der Waals surface area contributed by atoms with Crippen LogP contribution in [0.5, 0.6) is 5.75 Å². The van der Waals surface area contributed by atoms with E-state index in [0.717, 1.165) is 24.4 Å². The molecule has 2 aromatic rings. The maximum atomic E-state index is 12.6.